The van der Waals surface area contributed by atoms with Crippen LogP contribution in [0.25, 0.3) is 11.1 Å². The number of anilines is 2. The zero-order valence-corrected chi connectivity index (χ0v) is 15.6. The number of nitrogens with zero attached hydrogens (tertiary/aromatic N) is 2. The van der Waals surface area contributed by atoms with Crippen molar-refractivity contribution >= 4 is 28.7 Å². The van der Waals surface area contributed by atoms with E-state index in [0.717, 1.165) is 32.6 Å². The second-order valence-electron chi connectivity index (χ2n) is 7.63. The third-order valence-corrected chi connectivity index (χ3v) is 5.96. The summed E-state index contributed by atoms with van der Waals surface area (Å²) >= 11 is 0. The molecule has 3 aliphatic rings. The van der Waals surface area contributed by atoms with Gasteiger partial charge in [-0.25, -0.2) is 0 Å². The molecule has 148 valence electrons. The molecule has 0 radical (unpaired) electrons. The Bertz CT molecular complexity index is 1120. The van der Waals surface area contributed by atoms with Crippen LogP contribution in [0.1, 0.15) is 23.2 Å². The summed E-state index contributed by atoms with van der Waals surface area (Å²) in [5.74, 6) is 0.999. The van der Waals surface area contributed by atoms with Gasteiger partial charge in [0, 0.05) is 24.4 Å². The topological polar surface area (TPSA) is 86.1 Å². The van der Waals surface area contributed by atoms with E-state index in [2.05, 4.69) is 15.2 Å². The van der Waals surface area contributed by atoms with Gasteiger partial charge in [-0.05, 0) is 49.2 Å². The molecule has 0 saturated carbocycles. The number of carbonyl (C=O) groups is 1. The van der Waals surface area contributed by atoms with E-state index in [1.807, 2.05) is 18.2 Å². The van der Waals surface area contributed by atoms with Gasteiger partial charge in [0.05, 0.1) is 12.1 Å². The van der Waals surface area contributed by atoms with Gasteiger partial charge < -0.3 is 28.8 Å². The largest absolute Gasteiger partial charge is 0.454 e. The van der Waals surface area contributed by atoms with Crippen molar-refractivity contribution in [3.63, 3.8) is 0 Å². The van der Waals surface area contributed by atoms with E-state index in [4.69, 9.17) is 18.6 Å². The number of nitrogens with one attached hydrogen (secondary N) is 1. The molecule has 1 unspecified atom stereocenters. The van der Waals surface area contributed by atoms with Crippen molar-refractivity contribution in [1.29, 1.82) is 0 Å². The molecule has 1 atom stereocenters. The van der Waals surface area contributed by atoms with Crippen molar-refractivity contribution in [3.8, 4) is 11.5 Å². The monoisotopic (exact) mass is 393 g/mol. The summed E-state index contributed by atoms with van der Waals surface area (Å²) in [6.07, 6.45) is 2.10. The maximum atomic E-state index is 12.6. The molecule has 8 heteroatoms. The molecule has 8 nitrogen and oxygen atoms in total. The summed E-state index contributed by atoms with van der Waals surface area (Å²) in [7, 11) is 0. The van der Waals surface area contributed by atoms with Crippen LogP contribution in [0.5, 0.6) is 11.5 Å². The highest BCUT2D eigenvalue weighted by molar-refractivity contribution is 6.05. The van der Waals surface area contributed by atoms with E-state index in [9.17, 15) is 4.79 Å². The second-order valence-corrected chi connectivity index (χ2v) is 7.63. The molecule has 1 spiro atoms. The van der Waals surface area contributed by atoms with Crippen molar-refractivity contribution in [3.05, 3.63) is 42.0 Å². The molecule has 1 amide bonds. The molecule has 6 rings (SSSR count). The van der Waals surface area contributed by atoms with E-state index in [0.29, 0.717) is 39.9 Å². The van der Waals surface area contributed by atoms with Gasteiger partial charge in [-0.2, -0.15) is 4.98 Å². The number of benzene rings is 2. The predicted octanol–water partition coefficient (Wildman–Crippen LogP) is 3.18. The summed E-state index contributed by atoms with van der Waals surface area (Å²) in [4.78, 5) is 19.5. The molecule has 1 aromatic heterocycles. The highest BCUT2D eigenvalue weighted by atomic mass is 16.7. The van der Waals surface area contributed by atoms with Gasteiger partial charge in [0.25, 0.3) is 11.9 Å². The van der Waals surface area contributed by atoms with Crippen molar-refractivity contribution in [1.82, 2.24) is 4.98 Å². The van der Waals surface area contributed by atoms with Gasteiger partial charge >= 0.3 is 0 Å². The fraction of sp³-hybridized carbons (Fsp3) is 0.333. The molecular weight excluding hydrogens is 374 g/mol. The number of hydrogen-bond acceptors (Lipinski definition) is 7. The van der Waals surface area contributed by atoms with Crippen LogP contribution in [-0.4, -0.2) is 43.0 Å². The Morgan fingerprint density at radius 2 is 2.03 bits per heavy atom. The van der Waals surface area contributed by atoms with Gasteiger partial charge in [0.2, 0.25) is 6.79 Å². The lowest BCUT2D eigenvalue weighted by Crippen LogP contribution is -2.61. The Kier molecular flexibility index (Phi) is 3.52. The second kappa shape index (κ2) is 6.12. The predicted molar refractivity (Wildman–Crippen MR) is 105 cm³/mol. The third kappa shape index (κ3) is 2.63. The van der Waals surface area contributed by atoms with E-state index in [1.54, 1.807) is 18.2 Å². The molecule has 0 aliphatic carbocycles. The highest BCUT2D eigenvalue weighted by Gasteiger charge is 2.49. The molecule has 3 aliphatic heterocycles. The molecule has 3 aromatic rings. The van der Waals surface area contributed by atoms with E-state index in [-0.39, 0.29) is 18.2 Å². The van der Waals surface area contributed by atoms with Crippen molar-refractivity contribution < 1.29 is 23.4 Å². The Morgan fingerprint density at radius 1 is 1.10 bits per heavy atom. The van der Waals surface area contributed by atoms with Gasteiger partial charge in [0.15, 0.2) is 17.1 Å². The van der Waals surface area contributed by atoms with E-state index in [1.165, 1.54) is 0 Å². The number of amides is 1. The number of fused-ring (bicyclic) bond motifs is 2. The Hall–Kier alpha value is -3.26. The first-order chi connectivity index (χ1) is 14.2. The molecule has 29 heavy (non-hydrogen) atoms. The lowest BCUT2D eigenvalue weighted by molar-refractivity contribution is 0.102. The lowest BCUT2D eigenvalue weighted by atomic mass is 9.84. The maximum Gasteiger partial charge on any atom is 0.298 e. The zero-order chi connectivity index (χ0) is 19.4. The standard InChI is InChI=1S/C21H19N3O5/c25-19(13-1-3-17-18(9-13)28-12-27-17)22-14-2-4-16-15(10-14)23-20(29-16)24-7-5-21(24)6-8-26-11-21/h1-4,9-10H,5-8,11-12H2,(H,22,25). The molecule has 2 saturated heterocycles. The first-order valence-electron chi connectivity index (χ1n) is 9.67. The number of hydrogen-bond donors (Lipinski definition) is 1. The zero-order valence-electron chi connectivity index (χ0n) is 15.6. The first kappa shape index (κ1) is 16.7. The highest BCUT2D eigenvalue weighted by Crippen LogP contribution is 2.42. The Morgan fingerprint density at radius 3 is 2.86 bits per heavy atom. The van der Waals surface area contributed by atoms with Crippen molar-refractivity contribution in [2.24, 2.45) is 0 Å². The SMILES string of the molecule is O=C(Nc1ccc2oc(N3CCC34CCOC4)nc2c1)c1ccc2c(c1)OCO2. The molecule has 4 heterocycles. The van der Waals surface area contributed by atoms with Gasteiger partial charge in [0.1, 0.15) is 5.52 Å². The molecular formula is C21H19N3O5. The number of rotatable bonds is 3. The fourth-order valence-electron chi connectivity index (χ4n) is 4.19. The Balaban J connectivity index is 1.23. The minimum absolute atomic E-state index is 0.0390. The van der Waals surface area contributed by atoms with Crippen molar-refractivity contribution in [2.75, 3.05) is 36.8 Å². The molecule has 0 bridgehead atoms. The quantitative estimate of drug-likeness (QED) is 0.731. The van der Waals surface area contributed by atoms with Gasteiger partial charge in [-0.3, -0.25) is 4.79 Å². The van der Waals surface area contributed by atoms with Crippen molar-refractivity contribution in [2.45, 2.75) is 18.4 Å². The average molecular weight is 393 g/mol. The van der Waals surface area contributed by atoms with Gasteiger partial charge in [-0.15, -0.1) is 0 Å². The van der Waals surface area contributed by atoms with E-state index < -0.39 is 0 Å². The number of oxazole rings is 1. The lowest BCUT2D eigenvalue weighted by Gasteiger charge is -2.48. The van der Waals surface area contributed by atoms with Crippen LogP contribution in [0.4, 0.5) is 11.7 Å². The van der Waals surface area contributed by atoms with Crippen LogP contribution in [0.15, 0.2) is 40.8 Å². The summed E-state index contributed by atoms with van der Waals surface area (Å²) < 4.78 is 22.2. The average Bonchev–Trinajstić information content (AvgIpc) is 3.45. The summed E-state index contributed by atoms with van der Waals surface area (Å²) in [5.41, 5.74) is 2.60. The number of carbonyl (C=O) groups excluding carboxylic acids is 1. The normalized spacial score (nSPS) is 22.3. The molecule has 2 aromatic carbocycles. The molecule has 1 N–H and O–H groups in total. The smallest absolute Gasteiger partial charge is 0.298 e. The fourth-order valence-corrected chi connectivity index (χ4v) is 4.19. The summed E-state index contributed by atoms with van der Waals surface area (Å²) in [6.45, 7) is 2.61. The minimum Gasteiger partial charge on any atom is -0.454 e. The Labute approximate surface area is 166 Å². The minimum atomic E-state index is -0.226. The molecule has 2 fully saturated rings. The van der Waals surface area contributed by atoms with Crippen LogP contribution in [0.3, 0.4) is 0 Å². The van der Waals surface area contributed by atoms with Crippen LogP contribution >= 0.6 is 0 Å². The summed E-state index contributed by atoms with van der Waals surface area (Å²) in [5, 5.41) is 2.91. The van der Waals surface area contributed by atoms with Gasteiger partial charge in [-0.1, -0.05) is 0 Å². The van der Waals surface area contributed by atoms with Crippen LogP contribution in [0.2, 0.25) is 0 Å². The summed E-state index contributed by atoms with van der Waals surface area (Å²) in [6, 6.07) is 11.2. The number of aromatic nitrogens is 1. The number of ether oxygens (including phenoxy) is 3. The third-order valence-electron chi connectivity index (χ3n) is 5.96. The van der Waals surface area contributed by atoms with Crippen LogP contribution in [-0.2, 0) is 4.74 Å². The maximum absolute atomic E-state index is 12.6. The first-order valence-corrected chi connectivity index (χ1v) is 9.67. The van der Waals surface area contributed by atoms with Crippen LogP contribution < -0.4 is 19.7 Å². The van der Waals surface area contributed by atoms with E-state index >= 15 is 0 Å². The van der Waals surface area contributed by atoms with Crippen LogP contribution in [0, 0.1) is 0 Å².